The summed E-state index contributed by atoms with van der Waals surface area (Å²) in [5.41, 5.74) is 1.72. The van der Waals surface area contributed by atoms with E-state index < -0.39 is 0 Å². The van der Waals surface area contributed by atoms with Crippen molar-refractivity contribution in [3.8, 4) is 6.08 Å². The highest BCUT2D eigenvalue weighted by molar-refractivity contribution is 5.19. The number of aryl methyl sites for hydroxylation is 2. The van der Waals surface area contributed by atoms with Gasteiger partial charge in [0.15, 0.2) is 5.82 Å². The van der Waals surface area contributed by atoms with Crippen molar-refractivity contribution in [1.82, 2.24) is 15.3 Å². The fourth-order valence-electron chi connectivity index (χ4n) is 1.36. The fraction of sp³-hybridized carbons (Fsp3) is 0.545. The van der Waals surface area contributed by atoms with E-state index in [2.05, 4.69) is 15.3 Å². The van der Waals surface area contributed by atoms with Crippen LogP contribution in [0.5, 0.6) is 6.08 Å². The molecule has 0 aliphatic carbocycles. The molecule has 92 valence electrons. The van der Waals surface area contributed by atoms with Gasteiger partial charge in [-0.2, -0.15) is 4.98 Å². The van der Waals surface area contributed by atoms with Gasteiger partial charge < -0.3 is 9.26 Å². The van der Waals surface area contributed by atoms with Crippen LogP contribution in [0.3, 0.4) is 0 Å². The van der Waals surface area contributed by atoms with Gasteiger partial charge in [-0.05, 0) is 13.8 Å². The number of ether oxygens (including phenoxy) is 1. The molecule has 2 heterocycles. The second kappa shape index (κ2) is 4.57. The van der Waals surface area contributed by atoms with Crippen LogP contribution in [0.25, 0.3) is 0 Å². The van der Waals surface area contributed by atoms with Crippen LogP contribution in [-0.2, 0) is 6.61 Å². The minimum absolute atomic E-state index is 0.175. The van der Waals surface area contributed by atoms with E-state index in [0.717, 1.165) is 17.0 Å². The van der Waals surface area contributed by atoms with Gasteiger partial charge in [0.25, 0.3) is 0 Å². The van der Waals surface area contributed by atoms with Gasteiger partial charge in [0.05, 0.1) is 11.3 Å². The summed E-state index contributed by atoms with van der Waals surface area (Å²) in [6, 6.07) is 0. The summed E-state index contributed by atoms with van der Waals surface area (Å²) in [6.07, 6.45) is 0.175. The lowest BCUT2D eigenvalue weighted by molar-refractivity contribution is 0.193. The molecule has 6 heteroatoms. The van der Waals surface area contributed by atoms with Gasteiger partial charge in [0, 0.05) is 5.92 Å². The number of hydrogen-bond donors (Lipinski definition) is 0. The molecular formula is C11H15N3O3. The van der Waals surface area contributed by atoms with Crippen LogP contribution in [0, 0.1) is 13.8 Å². The van der Waals surface area contributed by atoms with E-state index in [1.807, 2.05) is 27.7 Å². The van der Waals surface area contributed by atoms with E-state index in [4.69, 9.17) is 13.8 Å². The van der Waals surface area contributed by atoms with Crippen molar-refractivity contribution in [2.75, 3.05) is 0 Å². The zero-order chi connectivity index (χ0) is 12.4. The van der Waals surface area contributed by atoms with Crippen LogP contribution >= 0.6 is 0 Å². The Kier molecular flexibility index (Phi) is 3.12. The summed E-state index contributed by atoms with van der Waals surface area (Å²) in [4.78, 5) is 4.12. The van der Waals surface area contributed by atoms with E-state index in [9.17, 15) is 0 Å². The first-order valence-electron chi connectivity index (χ1n) is 5.46. The van der Waals surface area contributed by atoms with Gasteiger partial charge >= 0.3 is 6.08 Å². The van der Waals surface area contributed by atoms with E-state index in [1.54, 1.807) is 0 Å². The molecule has 0 saturated heterocycles. The Morgan fingerprint density at radius 1 is 1.18 bits per heavy atom. The highest BCUT2D eigenvalue weighted by Crippen LogP contribution is 2.18. The van der Waals surface area contributed by atoms with Crippen LogP contribution in [0.2, 0.25) is 0 Å². The van der Waals surface area contributed by atoms with Crippen LogP contribution in [-0.4, -0.2) is 15.3 Å². The van der Waals surface area contributed by atoms with Crippen molar-refractivity contribution in [3.05, 3.63) is 22.8 Å². The molecule has 0 unspecified atom stereocenters. The normalized spacial score (nSPS) is 11.1. The van der Waals surface area contributed by atoms with Crippen LogP contribution < -0.4 is 4.74 Å². The van der Waals surface area contributed by atoms with E-state index >= 15 is 0 Å². The summed E-state index contributed by atoms with van der Waals surface area (Å²) in [5.74, 6) is 1.60. The minimum atomic E-state index is 0.175. The number of rotatable bonds is 4. The Morgan fingerprint density at radius 3 is 2.47 bits per heavy atom. The Bertz CT molecular complexity index is 482. The summed E-state index contributed by atoms with van der Waals surface area (Å²) < 4.78 is 15.4. The van der Waals surface area contributed by atoms with Gasteiger partial charge in [-0.25, -0.2) is 0 Å². The SMILES string of the molecule is Cc1noc(C)c1COc1nc(C(C)C)no1. The first kappa shape index (κ1) is 11.6. The van der Waals surface area contributed by atoms with Crippen molar-refractivity contribution in [3.63, 3.8) is 0 Å². The van der Waals surface area contributed by atoms with Crippen LogP contribution in [0.1, 0.15) is 42.6 Å². The van der Waals surface area contributed by atoms with E-state index in [1.165, 1.54) is 0 Å². The van der Waals surface area contributed by atoms with Gasteiger partial charge in [-0.1, -0.05) is 24.2 Å². The molecule has 0 bridgehead atoms. The number of aromatic nitrogens is 3. The van der Waals surface area contributed by atoms with Crippen molar-refractivity contribution in [1.29, 1.82) is 0 Å². The maximum absolute atomic E-state index is 5.40. The molecule has 0 saturated carbocycles. The van der Waals surface area contributed by atoms with Gasteiger partial charge in [0.1, 0.15) is 12.4 Å². The van der Waals surface area contributed by atoms with Crippen molar-refractivity contribution in [2.24, 2.45) is 0 Å². The second-order valence-corrected chi connectivity index (χ2v) is 4.16. The van der Waals surface area contributed by atoms with Crippen molar-refractivity contribution in [2.45, 2.75) is 40.2 Å². The van der Waals surface area contributed by atoms with Crippen LogP contribution in [0.15, 0.2) is 9.05 Å². The molecule has 0 aliphatic heterocycles. The Morgan fingerprint density at radius 2 is 1.94 bits per heavy atom. The number of hydrogen-bond acceptors (Lipinski definition) is 6. The number of nitrogens with zero attached hydrogens (tertiary/aromatic N) is 3. The minimum Gasteiger partial charge on any atom is -0.444 e. The molecule has 0 atom stereocenters. The average molecular weight is 237 g/mol. The van der Waals surface area contributed by atoms with Gasteiger partial charge in [-0.15, -0.1) is 0 Å². The second-order valence-electron chi connectivity index (χ2n) is 4.16. The monoisotopic (exact) mass is 237 g/mol. The average Bonchev–Trinajstić information content (AvgIpc) is 2.85. The van der Waals surface area contributed by atoms with Crippen molar-refractivity contribution >= 4 is 0 Å². The molecule has 17 heavy (non-hydrogen) atoms. The van der Waals surface area contributed by atoms with E-state index in [-0.39, 0.29) is 12.0 Å². The highest BCUT2D eigenvalue weighted by Gasteiger charge is 2.13. The molecule has 0 fully saturated rings. The molecular weight excluding hydrogens is 222 g/mol. The topological polar surface area (TPSA) is 74.2 Å². The zero-order valence-electron chi connectivity index (χ0n) is 10.4. The molecule has 2 aromatic rings. The van der Waals surface area contributed by atoms with Gasteiger partial charge in [0.2, 0.25) is 0 Å². The third-order valence-corrected chi connectivity index (χ3v) is 2.46. The molecule has 0 N–H and O–H groups in total. The maximum Gasteiger partial charge on any atom is 0.417 e. The summed E-state index contributed by atoms with van der Waals surface area (Å²) in [5, 5.41) is 7.65. The molecule has 0 aromatic carbocycles. The van der Waals surface area contributed by atoms with Gasteiger partial charge in [-0.3, -0.25) is 4.52 Å². The molecule has 0 spiro atoms. The fourth-order valence-corrected chi connectivity index (χ4v) is 1.36. The van der Waals surface area contributed by atoms with Crippen molar-refractivity contribution < 1.29 is 13.8 Å². The summed E-state index contributed by atoms with van der Waals surface area (Å²) >= 11 is 0. The van der Waals surface area contributed by atoms with Crippen LogP contribution in [0.4, 0.5) is 0 Å². The first-order chi connectivity index (χ1) is 8.08. The highest BCUT2D eigenvalue weighted by atomic mass is 16.6. The summed E-state index contributed by atoms with van der Waals surface area (Å²) in [7, 11) is 0. The van der Waals surface area contributed by atoms with E-state index in [0.29, 0.717) is 12.4 Å². The molecule has 2 aromatic heterocycles. The summed E-state index contributed by atoms with van der Waals surface area (Å²) in [6.45, 7) is 8.00. The Hall–Kier alpha value is -1.85. The standard InChI is InChI=1S/C11H15N3O3/c1-6(2)10-12-11(17-14-10)15-5-9-7(3)13-16-8(9)4/h6H,5H2,1-4H3. The smallest absolute Gasteiger partial charge is 0.417 e. The Balaban J connectivity index is 2.02. The molecule has 0 amide bonds. The molecule has 0 radical (unpaired) electrons. The predicted molar refractivity (Wildman–Crippen MR) is 58.7 cm³/mol. The maximum atomic E-state index is 5.40. The first-order valence-corrected chi connectivity index (χ1v) is 5.46. The molecule has 0 aliphatic rings. The predicted octanol–water partition coefficient (Wildman–Crippen LogP) is 2.38. The lowest BCUT2D eigenvalue weighted by Gasteiger charge is -1.99. The largest absolute Gasteiger partial charge is 0.444 e. The lowest BCUT2D eigenvalue weighted by atomic mass is 10.2. The lowest BCUT2D eigenvalue weighted by Crippen LogP contribution is -1.98. The third-order valence-electron chi connectivity index (χ3n) is 2.46. The quantitative estimate of drug-likeness (QED) is 0.812. The molecule has 6 nitrogen and oxygen atoms in total. The molecule has 2 rings (SSSR count). The third kappa shape index (κ3) is 2.46. The zero-order valence-corrected chi connectivity index (χ0v) is 10.4. The Labute approximate surface area is 98.9 Å².